The van der Waals surface area contributed by atoms with Crippen molar-refractivity contribution in [1.29, 1.82) is 0 Å². The maximum atomic E-state index is 4.37. The van der Waals surface area contributed by atoms with Crippen molar-refractivity contribution in [1.82, 2.24) is 4.98 Å². The third kappa shape index (κ3) is 2.22. The molecule has 2 heteroatoms. The molecule has 0 aliphatic heterocycles. The first-order valence-electron chi connectivity index (χ1n) is 4.00. The Labute approximate surface area is 67.7 Å². The van der Waals surface area contributed by atoms with Gasteiger partial charge in [0.15, 0.2) is 0 Å². The Kier molecular flexibility index (Phi) is 2.90. The highest BCUT2D eigenvalue weighted by atomic mass is 15.0. The van der Waals surface area contributed by atoms with E-state index in [0.717, 1.165) is 18.7 Å². The molecule has 1 N–H and O–H groups in total. The lowest BCUT2D eigenvalue weighted by Crippen LogP contribution is -1.95. The minimum Gasteiger partial charge on any atom is -0.373 e. The maximum absolute atomic E-state index is 4.37. The lowest BCUT2D eigenvalue weighted by molar-refractivity contribution is 0.884. The fourth-order valence-corrected chi connectivity index (χ4v) is 1.01. The molecule has 0 radical (unpaired) electrons. The SMILES string of the molecule is CCCc1cccc(NC)n1. The van der Waals surface area contributed by atoms with Gasteiger partial charge in [-0.3, -0.25) is 0 Å². The van der Waals surface area contributed by atoms with E-state index in [1.807, 2.05) is 19.2 Å². The highest BCUT2D eigenvalue weighted by Gasteiger charge is 1.92. The number of aromatic nitrogens is 1. The van der Waals surface area contributed by atoms with Gasteiger partial charge in [-0.1, -0.05) is 19.4 Å². The number of hydrogen-bond acceptors (Lipinski definition) is 2. The summed E-state index contributed by atoms with van der Waals surface area (Å²) in [5.74, 6) is 0.955. The van der Waals surface area contributed by atoms with E-state index in [1.165, 1.54) is 5.69 Å². The van der Waals surface area contributed by atoms with Gasteiger partial charge in [0.25, 0.3) is 0 Å². The first kappa shape index (κ1) is 8.05. The molecule has 0 saturated heterocycles. The van der Waals surface area contributed by atoms with Crippen LogP contribution in [0.5, 0.6) is 0 Å². The Morgan fingerprint density at radius 1 is 1.45 bits per heavy atom. The third-order valence-electron chi connectivity index (χ3n) is 1.57. The topological polar surface area (TPSA) is 24.9 Å². The van der Waals surface area contributed by atoms with Crippen LogP contribution in [-0.2, 0) is 6.42 Å². The average molecular weight is 150 g/mol. The van der Waals surface area contributed by atoms with E-state index in [4.69, 9.17) is 0 Å². The van der Waals surface area contributed by atoms with E-state index in [2.05, 4.69) is 23.3 Å². The number of nitrogens with one attached hydrogen (secondary N) is 1. The van der Waals surface area contributed by atoms with Gasteiger partial charge in [-0.25, -0.2) is 4.98 Å². The monoisotopic (exact) mass is 150 g/mol. The molecule has 0 atom stereocenters. The zero-order valence-corrected chi connectivity index (χ0v) is 7.09. The van der Waals surface area contributed by atoms with E-state index in [0.29, 0.717) is 0 Å². The summed E-state index contributed by atoms with van der Waals surface area (Å²) in [6.45, 7) is 2.16. The minimum absolute atomic E-state index is 0.955. The summed E-state index contributed by atoms with van der Waals surface area (Å²) in [5, 5.41) is 3.01. The van der Waals surface area contributed by atoms with E-state index in [1.54, 1.807) is 0 Å². The summed E-state index contributed by atoms with van der Waals surface area (Å²) in [6, 6.07) is 6.06. The Bertz CT molecular complexity index is 221. The zero-order chi connectivity index (χ0) is 8.10. The van der Waals surface area contributed by atoms with Gasteiger partial charge in [0.1, 0.15) is 5.82 Å². The van der Waals surface area contributed by atoms with Gasteiger partial charge < -0.3 is 5.32 Å². The molecule has 11 heavy (non-hydrogen) atoms. The predicted molar refractivity (Wildman–Crippen MR) is 47.8 cm³/mol. The van der Waals surface area contributed by atoms with Gasteiger partial charge in [-0.15, -0.1) is 0 Å². The van der Waals surface area contributed by atoms with Crippen molar-refractivity contribution >= 4 is 5.82 Å². The van der Waals surface area contributed by atoms with E-state index >= 15 is 0 Å². The minimum atomic E-state index is 0.955. The van der Waals surface area contributed by atoms with Crippen LogP contribution in [0.2, 0.25) is 0 Å². The van der Waals surface area contributed by atoms with E-state index in [-0.39, 0.29) is 0 Å². The molecule has 0 fully saturated rings. The lowest BCUT2D eigenvalue weighted by atomic mass is 10.2. The molecule has 0 aromatic carbocycles. The Morgan fingerprint density at radius 3 is 2.91 bits per heavy atom. The normalized spacial score (nSPS) is 9.64. The van der Waals surface area contributed by atoms with Crippen molar-refractivity contribution < 1.29 is 0 Å². The molecule has 1 heterocycles. The lowest BCUT2D eigenvalue weighted by Gasteiger charge is -2.01. The summed E-state index contributed by atoms with van der Waals surface area (Å²) < 4.78 is 0. The first-order chi connectivity index (χ1) is 5.36. The quantitative estimate of drug-likeness (QED) is 0.713. The van der Waals surface area contributed by atoms with Crippen molar-refractivity contribution in [2.75, 3.05) is 12.4 Å². The van der Waals surface area contributed by atoms with Crippen LogP contribution in [0.15, 0.2) is 18.2 Å². The van der Waals surface area contributed by atoms with Gasteiger partial charge >= 0.3 is 0 Å². The first-order valence-corrected chi connectivity index (χ1v) is 4.00. The van der Waals surface area contributed by atoms with Gasteiger partial charge in [-0.2, -0.15) is 0 Å². The van der Waals surface area contributed by atoms with Crippen molar-refractivity contribution in [2.45, 2.75) is 19.8 Å². The van der Waals surface area contributed by atoms with Crippen LogP contribution in [0.25, 0.3) is 0 Å². The number of rotatable bonds is 3. The van der Waals surface area contributed by atoms with Crippen LogP contribution >= 0.6 is 0 Å². The van der Waals surface area contributed by atoms with Crippen molar-refractivity contribution in [3.05, 3.63) is 23.9 Å². The molecular weight excluding hydrogens is 136 g/mol. The molecule has 0 unspecified atom stereocenters. The molecule has 0 aliphatic rings. The second-order valence-corrected chi connectivity index (χ2v) is 2.51. The highest BCUT2D eigenvalue weighted by Crippen LogP contribution is 2.05. The second-order valence-electron chi connectivity index (χ2n) is 2.51. The molecule has 0 spiro atoms. The number of aryl methyl sites for hydroxylation is 1. The summed E-state index contributed by atoms with van der Waals surface area (Å²) >= 11 is 0. The molecule has 0 bridgehead atoms. The largest absolute Gasteiger partial charge is 0.373 e. The van der Waals surface area contributed by atoms with Crippen molar-refractivity contribution in [3.8, 4) is 0 Å². The Balaban J connectivity index is 2.74. The summed E-state index contributed by atoms with van der Waals surface area (Å²) in [5.41, 5.74) is 1.17. The number of pyridine rings is 1. The van der Waals surface area contributed by atoms with E-state index in [9.17, 15) is 0 Å². The van der Waals surface area contributed by atoms with Crippen LogP contribution in [-0.4, -0.2) is 12.0 Å². The molecule has 1 rings (SSSR count). The van der Waals surface area contributed by atoms with Crippen LogP contribution in [0, 0.1) is 0 Å². The summed E-state index contributed by atoms with van der Waals surface area (Å²) in [4.78, 5) is 4.37. The molecule has 1 aromatic heterocycles. The molecule has 2 nitrogen and oxygen atoms in total. The van der Waals surface area contributed by atoms with Crippen LogP contribution < -0.4 is 5.32 Å². The van der Waals surface area contributed by atoms with Gasteiger partial charge in [0.2, 0.25) is 0 Å². The highest BCUT2D eigenvalue weighted by molar-refractivity contribution is 5.34. The summed E-state index contributed by atoms with van der Waals surface area (Å²) in [7, 11) is 1.89. The third-order valence-corrected chi connectivity index (χ3v) is 1.57. The zero-order valence-electron chi connectivity index (χ0n) is 7.09. The number of hydrogen-bond donors (Lipinski definition) is 1. The van der Waals surface area contributed by atoms with Gasteiger partial charge in [-0.05, 0) is 18.6 Å². The standard InChI is InChI=1S/C9H14N2/c1-3-5-8-6-4-7-9(10-2)11-8/h4,6-7H,3,5H2,1-2H3,(H,10,11). The Hall–Kier alpha value is -1.05. The maximum Gasteiger partial charge on any atom is 0.125 e. The van der Waals surface area contributed by atoms with Crippen LogP contribution in [0.3, 0.4) is 0 Å². The van der Waals surface area contributed by atoms with Crippen molar-refractivity contribution in [3.63, 3.8) is 0 Å². The second kappa shape index (κ2) is 3.96. The average Bonchev–Trinajstić information content (AvgIpc) is 2.06. The number of anilines is 1. The number of nitrogens with zero attached hydrogens (tertiary/aromatic N) is 1. The fraction of sp³-hybridized carbons (Fsp3) is 0.444. The summed E-state index contributed by atoms with van der Waals surface area (Å²) in [6.07, 6.45) is 2.22. The molecule has 0 saturated carbocycles. The smallest absolute Gasteiger partial charge is 0.125 e. The molecule has 1 aromatic rings. The molecule has 0 aliphatic carbocycles. The predicted octanol–water partition coefficient (Wildman–Crippen LogP) is 2.08. The Morgan fingerprint density at radius 2 is 2.27 bits per heavy atom. The van der Waals surface area contributed by atoms with Gasteiger partial charge in [0, 0.05) is 12.7 Å². The molecule has 60 valence electrons. The fourth-order valence-electron chi connectivity index (χ4n) is 1.01. The van der Waals surface area contributed by atoms with E-state index < -0.39 is 0 Å². The van der Waals surface area contributed by atoms with Crippen molar-refractivity contribution in [2.24, 2.45) is 0 Å². The van der Waals surface area contributed by atoms with Crippen LogP contribution in [0.1, 0.15) is 19.0 Å². The van der Waals surface area contributed by atoms with Gasteiger partial charge in [0.05, 0.1) is 0 Å². The molecular formula is C9H14N2. The van der Waals surface area contributed by atoms with Crippen LogP contribution in [0.4, 0.5) is 5.82 Å². The molecule has 0 amide bonds.